The summed E-state index contributed by atoms with van der Waals surface area (Å²) in [5.74, 6) is -0.308. The first kappa shape index (κ1) is 28.4. The van der Waals surface area contributed by atoms with E-state index in [2.05, 4.69) is 46.9 Å². The van der Waals surface area contributed by atoms with Gasteiger partial charge in [-0.15, -0.1) is 0 Å². The molecule has 5 heterocycles. The fourth-order valence-electron chi connectivity index (χ4n) is 5.64. The fourth-order valence-corrected chi connectivity index (χ4v) is 5.64. The molecule has 0 spiro atoms. The molecule has 2 saturated heterocycles. The number of morpholine rings is 1. The second-order valence-corrected chi connectivity index (χ2v) is 10.7. The lowest BCUT2D eigenvalue weighted by Crippen LogP contribution is -2.46. The molecule has 2 fully saturated rings. The Morgan fingerprint density at radius 1 is 1.12 bits per heavy atom. The van der Waals surface area contributed by atoms with Gasteiger partial charge in [-0.2, -0.15) is 0 Å². The van der Waals surface area contributed by atoms with Crippen LogP contribution in [0.4, 0.5) is 15.9 Å². The molecule has 3 N–H and O–H groups in total. The molecule has 1 aromatic carbocycles. The van der Waals surface area contributed by atoms with Crippen molar-refractivity contribution in [3.63, 3.8) is 0 Å². The zero-order valence-electron chi connectivity index (χ0n) is 23.7. The summed E-state index contributed by atoms with van der Waals surface area (Å²) in [5.41, 5.74) is 3.03. The number of rotatable bonds is 8. The number of nitrogens with zero attached hydrogens (tertiary/aromatic N) is 5. The van der Waals surface area contributed by atoms with Crippen molar-refractivity contribution in [1.29, 1.82) is 0 Å². The molecule has 222 valence electrons. The number of carbonyl (C=O) groups excluding carboxylic acids is 2. The van der Waals surface area contributed by atoms with Crippen LogP contribution in [0, 0.1) is 5.82 Å². The first-order chi connectivity index (χ1) is 21.0. The molecule has 2 amide bonds. The SMILES string of the molecule is C=CC(=O)NC1CCCN(Cc2ccnc(C(=O)Nc3ccc(-c4cc5c(N6CCOCC6)ncnc5[nH]4)c(F)c3)c2)C1. The van der Waals surface area contributed by atoms with Gasteiger partial charge in [-0.1, -0.05) is 6.58 Å². The number of nitrogens with one attached hydrogen (secondary N) is 3. The van der Waals surface area contributed by atoms with Crippen LogP contribution in [0.25, 0.3) is 22.3 Å². The van der Waals surface area contributed by atoms with Crippen LogP contribution < -0.4 is 15.5 Å². The minimum absolute atomic E-state index is 0.0610. The van der Waals surface area contributed by atoms with Gasteiger partial charge in [0.25, 0.3) is 5.91 Å². The Hall–Kier alpha value is -4.68. The maximum atomic E-state index is 15.3. The summed E-state index contributed by atoms with van der Waals surface area (Å²) >= 11 is 0. The lowest BCUT2D eigenvalue weighted by atomic mass is 10.0. The molecule has 0 saturated carbocycles. The molecule has 11 nitrogen and oxygen atoms in total. The van der Waals surface area contributed by atoms with Gasteiger partial charge in [-0.25, -0.2) is 14.4 Å². The van der Waals surface area contributed by atoms with Crippen LogP contribution in [0.1, 0.15) is 28.9 Å². The van der Waals surface area contributed by atoms with Crippen molar-refractivity contribution >= 4 is 34.4 Å². The Labute approximate surface area is 248 Å². The number of ether oxygens (including phenoxy) is 1. The van der Waals surface area contributed by atoms with Crippen molar-refractivity contribution in [2.75, 3.05) is 49.6 Å². The predicted octanol–water partition coefficient (Wildman–Crippen LogP) is 3.51. The Balaban J connectivity index is 1.13. The molecule has 0 aliphatic carbocycles. The van der Waals surface area contributed by atoms with Gasteiger partial charge in [-0.05, 0) is 67.4 Å². The van der Waals surface area contributed by atoms with Crippen LogP contribution in [0.3, 0.4) is 0 Å². The number of likely N-dealkylation sites (tertiary alicyclic amines) is 1. The van der Waals surface area contributed by atoms with Gasteiger partial charge >= 0.3 is 0 Å². The van der Waals surface area contributed by atoms with Gasteiger partial charge in [0.05, 0.1) is 24.3 Å². The van der Waals surface area contributed by atoms with Gasteiger partial charge in [0.1, 0.15) is 29.3 Å². The summed E-state index contributed by atoms with van der Waals surface area (Å²) in [6.45, 7) is 8.45. The van der Waals surface area contributed by atoms with Crippen molar-refractivity contribution in [1.82, 2.24) is 30.2 Å². The van der Waals surface area contributed by atoms with E-state index >= 15 is 4.39 Å². The molecule has 1 atom stereocenters. The molecule has 12 heteroatoms. The Morgan fingerprint density at radius 2 is 1.98 bits per heavy atom. The van der Waals surface area contributed by atoms with Gasteiger partial charge in [0, 0.05) is 49.7 Å². The number of pyridine rings is 1. The van der Waals surface area contributed by atoms with Crippen molar-refractivity contribution in [2.45, 2.75) is 25.4 Å². The minimum Gasteiger partial charge on any atom is -0.378 e. The third kappa shape index (κ3) is 6.55. The van der Waals surface area contributed by atoms with Crippen LogP contribution >= 0.6 is 0 Å². The number of fused-ring (bicyclic) bond motifs is 1. The largest absolute Gasteiger partial charge is 0.378 e. The number of benzene rings is 1. The van der Waals surface area contributed by atoms with Crippen LogP contribution in [-0.2, 0) is 16.1 Å². The standard InChI is InChI=1S/C31H33FN8O3/c1-2-28(41)36-22-4-3-9-39(18-22)17-20-7-8-33-27(14-20)31(42)37-21-5-6-23(25(32)15-21)26-16-24-29(38-26)34-19-35-30(24)40-10-12-43-13-11-40/h2,5-8,14-16,19,22H,1,3-4,9-13,17-18H2,(H,36,41)(H,37,42)(H,34,35,38). The van der Waals surface area contributed by atoms with E-state index < -0.39 is 11.7 Å². The average molecular weight is 585 g/mol. The lowest BCUT2D eigenvalue weighted by molar-refractivity contribution is -0.117. The molecule has 43 heavy (non-hydrogen) atoms. The number of piperidine rings is 1. The number of hydrogen-bond donors (Lipinski definition) is 3. The molecule has 6 rings (SSSR count). The third-order valence-electron chi connectivity index (χ3n) is 7.73. The molecule has 0 bridgehead atoms. The number of H-pyrrole nitrogens is 1. The third-order valence-corrected chi connectivity index (χ3v) is 7.73. The van der Waals surface area contributed by atoms with Gasteiger partial charge < -0.3 is 25.3 Å². The van der Waals surface area contributed by atoms with Crippen molar-refractivity contribution in [3.05, 3.63) is 78.7 Å². The quantitative estimate of drug-likeness (QED) is 0.269. The Bertz CT molecular complexity index is 1650. The summed E-state index contributed by atoms with van der Waals surface area (Å²) in [6, 6.07) is 10.1. The summed E-state index contributed by atoms with van der Waals surface area (Å²) in [6.07, 6.45) is 6.25. The zero-order valence-corrected chi connectivity index (χ0v) is 23.7. The Morgan fingerprint density at radius 3 is 2.79 bits per heavy atom. The highest BCUT2D eigenvalue weighted by atomic mass is 19.1. The number of carbonyl (C=O) groups is 2. The second kappa shape index (κ2) is 12.7. The smallest absolute Gasteiger partial charge is 0.274 e. The highest BCUT2D eigenvalue weighted by Gasteiger charge is 2.22. The zero-order chi connectivity index (χ0) is 29.8. The molecule has 2 aliphatic rings. The maximum Gasteiger partial charge on any atom is 0.274 e. The van der Waals surface area contributed by atoms with E-state index in [-0.39, 0.29) is 17.6 Å². The average Bonchev–Trinajstić information content (AvgIpc) is 3.46. The van der Waals surface area contributed by atoms with E-state index in [1.54, 1.807) is 24.4 Å². The van der Waals surface area contributed by atoms with E-state index in [4.69, 9.17) is 4.74 Å². The molecule has 3 aromatic heterocycles. The summed E-state index contributed by atoms with van der Waals surface area (Å²) in [7, 11) is 0. The molecular weight excluding hydrogens is 551 g/mol. The maximum absolute atomic E-state index is 15.3. The number of halogens is 1. The fraction of sp³-hybridized carbons (Fsp3) is 0.323. The Kier molecular flexibility index (Phi) is 8.38. The summed E-state index contributed by atoms with van der Waals surface area (Å²) < 4.78 is 20.8. The summed E-state index contributed by atoms with van der Waals surface area (Å²) in [5, 5.41) is 6.53. The molecular formula is C31H33FN8O3. The normalized spacial score (nSPS) is 17.5. The number of hydrogen-bond acceptors (Lipinski definition) is 8. The van der Waals surface area contributed by atoms with E-state index in [0.717, 1.165) is 49.2 Å². The number of anilines is 2. The van der Waals surface area contributed by atoms with E-state index in [1.165, 1.54) is 18.5 Å². The van der Waals surface area contributed by atoms with Crippen LogP contribution in [0.15, 0.2) is 61.6 Å². The molecule has 1 unspecified atom stereocenters. The number of aromatic nitrogens is 4. The summed E-state index contributed by atoms with van der Waals surface area (Å²) in [4.78, 5) is 45.3. The van der Waals surface area contributed by atoms with E-state index in [0.29, 0.717) is 48.9 Å². The topological polar surface area (TPSA) is 128 Å². The first-order valence-electron chi connectivity index (χ1n) is 14.3. The van der Waals surface area contributed by atoms with Gasteiger partial charge in [-0.3, -0.25) is 19.5 Å². The number of amides is 2. The van der Waals surface area contributed by atoms with Crippen LogP contribution in [0.5, 0.6) is 0 Å². The van der Waals surface area contributed by atoms with Crippen molar-refractivity contribution in [3.8, 4) is 11.3 Å². The first-order valence-corrected chi connectivity index (χ1v) is 14.3. The van der Waals surface area contributed by atoms with Gasteiger partial charge in [0.2, 0.25) is 5.91 Å². The van der Waals surface area contributed by atoms with Crippen LogP contribution in [-0.4, -0.2) is 82.1 Å². The lowest BCUT2D eigenvalue weighted by Gasteiger charge is -2.33. The monoisotopic (exact) mass is 584 g/mol. The highest BCUT2D eigenvalue weighted by Crippen LogP contribution is 2.31. The molecule has 2 aliphatic heterocycles. The van der Waals surface area contributed by atoms with Gasteiger partial charge in [0.15, 0.2) is 0 Å². The predicted molar refractivity (Wildman–Crippen MR) is 161 cm³/mol. The molecule has 4 aromatic rings. The minimum atomic E-state index is -0.491. The van der Waals surface area contributed by atoms with Crippen molar-refractivity contribution in [2.24, 2.45) is 0 Å². The highest BCUT2D eigenvalue weighted by molar-refractivity contribution is 6.03. The number of aromatic amines is 1. The van der Waals surface area contributed by atoms with E-state index in [1.807, 2.05) is 12.1 Å². The second-order valence-electron chi connectivity index (χ2n) is 10.7. The van der Waals surface area contributed by atoms with E-state index in [9.17, 15) is 9.59 Å². The van der Waals surface area contributed by atoms with Crippen molar-refractivity contribution < 1.29 is 18.7 Å². The molecule has 0 radical (unpaired) electrons. The van der Waals surface area contributed by atoms with Crippen LogP contribution in [0.2, 0.25) is 0 Å².